The third-order valence-electron chi connectivity index (χ3n) is 3.09. The molecule has 0 saturated heterocycles. The summed E-state index contributed by atoms with van der Waals surface area (Å²) < 4.78 is 5.65. The average Bonchev–Trinajstić information content (AvgIpc) is 2.46. The summed E-state index contributed by atoms with van der Waals surface area (Å²) in [7, 11) is 3.57. The summed E-state index contributed by atoms with van der Waals surface area (Å²) in [5.74, 6) is 0. The van der Waals surface area contributed by atoms with E-state index in [0.717, 1.165) is 5.56 Å². The Morgan fingerprint density at radius 1 is 0.842 bits per heavy atom. The first-order valence-electron chi connectivity index (χ1n) is 6.08. The predicted octanol–water partition coefficient (Wildman–Crippen LogP) is 1.12. The first-order chi connectivity index (χ1) is 8.86. The fourth-order valence-electron chi connectivity index (χ4n) is 2.20. The molecule has 0 radical (unpaired) electrons. The SMILES string of the molecule is C[N-][C@H](c1ccccc1)[C@@H](OC)c1ccccc1.[Li+]. The summed E-state index contributed by atoms with van der Waals surface area (Å²) in [6.45, 7) is 0. The van der Waals surface area contributed by atoms with E-state index in [1.807, 2.05) is 43.4 Å². The number of nitrogens with zero attached hydrogens (tertiary/aromatic N) is 1. The van der Waals surface area contributed by atoms with E-state index in [4.69, 9.17) is 4.74 Å². The number of methoxy groups -OCH3 is 1. The van der Waals surface area contributed by atoms with E-state index in [1.165, 1.54) is 5.56 Å². The molecule has 2 rings (SSSR count). The molecule has 0 fully saturated rings. The summed E-state index contributed by atoms with van der Waals surface area (Å²) >= 11 is 0. The van der Waals surface area contributed by atoms with Crippen molar-refractivity contribution in [3.05, 3.63) is 77.1 Å². The van der Waals surface area contributed by atoms with Gasteiger partial charge in [-0.3, -0.25) is 0 Å². The van der Waals surface area contributed by atoms with Gasteiger partial charge in [0.15, 0.2) is 0 Å². The Bertz CT molecular complexity index is 415. The van der Waals surface area contributed by atoms with Crippen molar-refractivity contribution in [3.8, 4) is 0 Å². The van der Waals surface area contributed by atoms with E-state index >= 15 is 0 Å². The van der Waals surface area contributed by atoms with Crippen LogP contribution in [0.15, 0.2) is 60.7 Å². The smallest absolute Gasteiger partial charge is 0.656 e. The maximum Gasteiger partial charge on any atom is 1.00 e. The molecule has 0 aromatic heterocycles. The normalized spacial score (nSPS) is 13.4. The third-order valence-corrected chi connectivity index (χ3v) is 3.09. The molecule has 2 aromatic rings. The second-order valence-electron chi connectivity index (χ2n) is 4.18. The molecule has 94 valence electrons. The van der Waals surface area contributed by atoms with Gasteiger partial charge < -0.3 is 10.1 Å². The van der Waals surface area contributed by atoms with Crippen molar-refractivity contribution in [2.75, 3.05) is 14.2 Å². The van der Waals surface area contributed by atoms with Gasteiger partial charge in [0.1, 0.15) is 0 Å². The van der Waals surface area contributed by atoms with Crippen molar-refractivity contribution in [1.82, 2.24) is 0 Å². The van der Waals surface area contributed by atoms with Crippen molar-refractivity contribution < 1.29 is 23.6 Å². The minimum absolute atomic E-state index is 0. The van der Waals surface area contributed by atoms with Gasteiger partial charge in [-0.2, -0.15) is 7.05 Å². The fourth-order valence-corrected chi connectivity index (χ4v) is 2.20. The molecular weight excluding hydrogens is 229 g/mol. The van der Waals surface area contributed by atoms with Crippen LogP contribution >= 0.6 is 0 Å². The second-order valence-corrected chi connectivity index (χ2v) is 4.18. The summed E-state index contributed by atoms with van der Waals surface area (Å²) in [5, 5.41) is 4.48. The first-order valence-corrected chi connectivity index (χ1v) is 6.08. The van der Waals surface area contributed by atoms with Crippen molar-refractivity contribution in [1.29, 1.82) is 0 Å². The zero-order chi connectivity index (χ0) is 12.8. The Morgan fingerprint density at radius 2 is 1.32 bits per heavy atom. The maximum absolute atomic E-state index is 5.65. The Kier molecular flexibility index (Phi) is 6.90. The van der Waals surface area contributed by atoms with Crippen LogP contribution in [-0.2, 0) is 4.74 Å². The molecule has 2 atom stereocenters. The molecule has 0 aliphatic heterocycles. The van der Waals surface area contributed by atoms with Crippen molar-refractivity contribution in [2.45, 2.75) is 12.1 Å². The second kappa shape index (κ2) is 8.19. The predicted molar refractivity (Wildman–Crippen MR) is 74.7 cm³/mol. The van der Waals surface area contributed by atoms with Crippen LogP contribution in [0.5, 0.6) is 0 Å². The number of hydrogen-bond donors (Lipinski definition) is 0. The van der Waals surface area contributed by atoms with Crippen molar-refractivity contribution in [2.24, 2.45) is 0 Å². The Labute approximate surface area is 127 Å². The molecule has 0 N–H and O–H groups in total. The van der Waals surface area contributed by atoms with E-state index in [0.29, 0.717) is 0 Å². The zero-order valence-corrected chi connectivity index (χ0v) is 11.8. The largest absolute Gasteiger partial charge is 1.00 e. The van der Waals surface area contributed by atoms with E-state index in [9.17, 15) is 0 Å². The molecule has 0 amide bonds. The van der Waals surface area contributed by atoms with Gasteiger partial charge in [-0.05, 0) is 5.56 Å². The summed E-state index contributed by atoms with van der Waals surface area (Å²) in [6.07, 6.45) is -0.0430. The molecule has 0 aliphatic rings. The molecule has 0 saturated carbocycles. The van der Waals surface area contributed by atoms with Crippen LogP contribution < -0.4 is 18.9 Å². The van der Waals surface area contributed by atoms with Crippen molar-refractivity contribution in [3.63, 3.8) is 0 Å². The van der Waals surface area contributed by atoms with Crippen LogP contribution in [0.3, 0.4) is 0 Å². The van der Waals surface area contributed by atoms with E-state index in [-0.39, 0.29) is 31.0 Å². The molecule has 0 heterocycles. The van der Waals surface area contributed by atoms with Gasteiger partial charge in [0.25, 0.3) is 0 Å². The molecule has 0 bridgehead atoms. The van der Waals surface area contributed by atoms with Crippen LogP contribution in [0.2, 0.25) is 0 Å². The van der Waals surface area contributed by atoms with Gasteiger partial charge in [0, 0.05) is 7.11 Å². The molecule has 3 heteroatoms. The Hall–Kier alpha value is -1.04. The summed E-state index contributed by atoms with van der Waals surface area (Å²) in [6, 6.07) is 20.5. The van der Waals surface area contributed by atoms with Gasteiger partial charge in [0.2, 0.25) is 0 Å². The third kappa shape index (κ3) is 3.96. The minimum Gasteiger partial charge on any atom is -0.656 e. The van der Waals surface area contributed by atoms with Crippen LogP contribution in [0.25, 0.3) is 5.32 Å². The van der Waals surface area contributed by atoms with Gasteiger partial charge in [-0.15, -0.1) is 0 Å². The average molecular weight is 247 g/mol. The van der Waals surface area contributed by atoms with Crippen LogP contribution in [0.1, 0.15) is 23.3 Å². The Morgan fingerprint density at radius 3 is 1.74 bits per heavy atom. The number of likely N-dealkylation sites (N-methyl/N-ethyl adjacent to an activating group) is 1. The molecule has 0 unspecified atom stereocenters. The van der Waals surface area contributed by atoms with Gasteiger partial charge in [-0.25, -0.2) is 0 Å². The summed E-state index contributed by atoms with van der Waals surface area (Å²) in [5.41, 5.74) is 2.33. The Balaban J connectivity index is 0.00000180. The quantitative estimate of drug-likeness (QED) is 0.726. The fraction of sp³-hybridized carbons (Fsp3) is 0.250. The van der Waals surface area contributed by atoms with Gasteiger partial charge >= 0.3 is 18.9 Å². The van der Waals surface area contributed by atoms with Crippen molar-refractivity contribution >= 4 is 0 Å². The minimum atomic E-state index is -0.0430. The molecule has 19 heavy (non-hydrogen) atoms. The maximum atomic E-state index is 5.65. The number of ether oxygens (including phenoxy) is 1. The van der Waals surface area contributed by atoms with E-state index in [2.05, 4.69) is 29.6 Å². The number of hydrogen-bond acceptors (Lipinski definition) is 1. The zero-order valence-electron chi connectivity index (χ0n) is 11.8. The molecule has 2 nitrogen and oxygen atoms in total. The van der Waals surface area contributed by atoms with Gasteiger partial charge in [-0.1, -0.05) is 72.3 Å². The first kappa shape index (κ1) is 16.0. The molecule has 0 spiro atoms. The monoisotopic (exact) mass is 247 g/mol. The van der Waals surface area contributed by atoms with Gasteiger partial charge in [0.05, 0.1) is 6.10 Å². The van der Waals surface area contributed by atoms with Crippen LogP contribution in [0, 0.1) is 0 Å². The molecule has 0 aliphatic carbocycles. The van der Waals surface area contributed by atoms with E-state index in [1.54, 1.807) is 7.11 Å². The van der Waals surface area contributed by atoms with Crippen LogP contribution in [0.4, 0.5) is 0 Å². The summed E-state index contributed by atoms with van der Waals surface area (Å²) in [4.78, 5) is 0. The number of benzene rings is 2. The molecular formula is C16H18LiNO. The van der Waals surface area contributed by atoms with Crippen LogP contribution in [-0.4, -0.2) is 14.2 Å². The molecule has 2 aromatic carbocycles. The van der Waals surface area contributed by atoms with E-state index < -0.39 is 0 Å². The standard InChI is InChI=1S/C16H18NO.Li/c1-17-15(13-9-5-3-6-10-13)16(18-2)14-11-7-4-8-12-14;/h3-12,15-16H,1-2H3;/q-1;+1/t15-,16+;/m1./s1. The topological polar surface area (TPSA) is 23.3 Å². The number of rotatable bonds is 5.